The van der Waals surface area contributed by atoms with Crippen molar-refractivity contribution in [2.24, 2.45) is 5.73 Å². The number of aromatic nitrogens is 1. The Balaban J connectivity index is 2.05. The standard InChI is InChI=1S/C26H28FN5O5S/c1-3-37-19(33)14-30-25(35)22(17-8-10-18(27)11-9-17)32(13-12-16-7-5-4-6-15(16)2)26(36)23-20(28)21(24(29)34)31-38-23/h4-11,22H,3,12-14,28H2,1-2H3,(H2,29,34)(H,30,35)/t22-/m1/s1. The van der Waals surface area contributed by atoms with Crippen molar-refractivity contribution in [3.05, 3.63) is 81.6 Å². The maximum atomic E-state index is 13.9. The number of hydrogen-bond donors (Lipinski definition) is 3. The molecule has 10 nitrogen and oxygen atoms in total. The lowest BCUT2D eigenvalue weighted by Crippen LogP contribution is -2.46. The van der Waals surface area contributed by atoms with Gasteiger partial charge in [0, 0.05) is 6.54 Å². The number of ether oxygens (including phenoxy) is 1. The van der Waals surface area contributed by atoms with E-state index in [1.165, 1.54) is 17.0 Å². The van der Waals surface area contributed by atoms with Gasteiger partial charge in [-0.15, -0.1) is 0 Å². The largest absolute Gasteiger partial charge is 0.465 e. The van der Waals surface area contributed by atoms with Crippen molar-refractivity contribution >= 4 is 40.9 Å². The number of anilines is 1. The van der Waals surface area contributed by atoms with Crippen molar-refractivity contribution in [3.8, 4) is 0 Å². The number of primary amides is 1. The molecule has 0 aliphatic carbocycles. The predicted octanol–water partition coefficient (Wildman–Crippen LogP) is 2.38. The summed E-state index contributed by atoms with van der Waals surface area (Å²) in [6.07, 6.45) is 0.364. The molecule has 1 atom stereocenters. The summed E-state index contributed by atoms with van der Waals surface area (Å²) >= 11 is 0.684. The summed E-state index contributed by atoms with van der Waals surface area (Å²) in [5, 5.41) is 2.50. The minimum absolute atomic E-state index is 0.0435. The van der Waals surface area contributed by atoms with Crippen LogP contribution in [0, 0.1) is 12.7 Å². The van der Waals surface area contributed by atoms with E-state index in [0.29, 0.717) is 23.5 Å². The molecule has 0 aliphatic heterocycles. The second-order valence-electron chi connectivity index (χ2n) is 8.29. The first-order chi connectivity index (χ1) is 18.1. The molecule has 0 saturated carbocycles. The summed E-state index contributed by atoms with van der Waals surface area (Å²) in [5.41, 5.74) is 13.1. The van der Waals surface area contributed by atoms with Crippen molar-refractivity contribution in [1.29, 1.82) is 0 Å². The molecule has 0 saturated heterocycles. The van der Waals surface area contributed by atoms with Crippen LogP contribution in [0.2, 0.25) is 0 Å². The Morgan fingerprint density at radius 2 is 1.82 bits per heavy atom. The van der Waals surface area contributed by atoms with Gasteiger partial charge in [0.2, 0.25) is 5.91 Å². The monoisotopic (exact) mass is 541 g/mol. The second kappa shape index (κ2) is 12.8. The molecule has 5 N–H and O–H groups in total. The third-order valence-electron chi connectivity index (χ3n) is 5.76. The van der Waals surface area contributed by atoms with Gasteiger partial charge in [0.15, 0.2) is 5.69 Å². The number of benzene rings is 2. The zero-order valence-corrected chi connectivity index (χ0v) is 21.7. The van der Waals surface area contributed by atoms with Crippen LogP contribution < -0.4 is 16.8 Å². The lowest BCUT2D eigenvalue weighted by Gasteiger charge is -2.31. The number of carbonyl (C=O) groups is 4. The maximum absolute atomic E-state index is 13.9. The summed E-state index contributed by atoms with van der Waals surface area (Å²) in [7, 11) is 0. The fraction of sp³-hybridized carbons (Fsp3) is 0.269. The maximum Gasteiger partial charge on any atom is 0.325 e. The Bertz CT molecular complexity index is 1330. The van der Waals surface area contributed by atoms with E-state index in [2.05, 4.69) is 9.69 Å². The van der Waals surface area contributed by atoms with E-state index >= 15 is 0 Å². The van der Waals surface area contributed by atoms with Gasteiger partial charge in [-0.3, -0.25) is 19.2 Å². The van der Waals surface area contributed by atoms with Crippen LogP contribution in [0.5, 0.6) is 0 Å². The Hall–Kier alpha value is -4.32. The predicted molar refractivity (Wildman–Crippen MR) is 140 cm³/mol. The molecule has 1 aromatic heterocycles. The fourth-order valence-corrected chi connectivity index (χ4v) is 4.59. The molecule has 3 rings (SSSR count). The summed E-state index contributed by atoms with van der Waals surface area (Å²) in [6, 6.07) is 11.4. The van der Waals surface area contributed by atoms with Gasteiger partial charge in [0.25, 0.3) is 11.8 Å². The minimum atomic E-state index is -1.28. The van der Waals surface area contributed by atoms with Crippen molar-refractivity contribution in [1.82, 2.24) is 14.6 Å². The van der Waals surface area contributed by atoms with Crippen molar-refractivity contribution in [2.45, 2.75) is 26.3 Å². The van der Waals surface area contributed by atoms with Crippen LogP contribution in [0.3, 0.4) is 0 Å². The number of rotatable bonds is 11. The molecular weight excluding hydrogens is 513 g/mol. The summed E-state index contributed by atoms with van der Waals surface area (Å²) < 4.78 is 22.5. The van der Waals surface area contributed by atoms with E-state index in [9.17, 15) is 23.6 Å². The number of amides is 3. The first-order valence-corrected chi connectivity index (χ1v) is 12.5. The molecule has 1 heterocycles. The average molecular weight is 542 g/mol. The molecule has 0 bridgehead atoms. The van der Waals surface area contributed by atoms with Gasteiger partial charge in [-0.05, 0) is 60.6 Å². The second-order valence-corrected chi connectivity index (χ2v) is 9.06. The topological polar surface area (TPSA) is 158 Å². The fourth-order valence-electron chi connectivity index (χ4n) is 3.82. The number of esters is 1. The van der Waals surface area contributed by atoms with E-state index < -0.39 is 42.1 Å². The van der Waals surface area contributed by atoms with Crippen LogP contribution in [-0.4, -0.2) is 52.7 Å². The molecule has 3 amide bonds. The van der Waals surface area contributed by atoms with Gasteiger partial charge < -0.3 is 26.4 Å². The van der Waals surface area contributed by atoms with Crippen molar-refractivity contribution in [3.63, 3.8) is 0 Å². The van der Waals surface area contributed by atoms with E-state index in [-0.39, 0.29) is 29.4 Å². The molecule has 0 fully saturated rings. The highest BCUT2D eigenvalue weighted by molar-refractivity contribution is 7.09. The highest BCUT2D eigenvalue weighted by Crippen LogP contribution is 2.29. The van der Waals surface area contributed by atoms with Crippen LogP contribution in [0.25, 0.3) is 0 Å². The molecule has 12 heteroatoms. The highest BCUT2D eigenvalue weighted by atomic mass is 32.1. The van der Waals surface area contributed by atoms with Crippen LogP contribution in [-0.2, 0) is 20.7 Å². The Morgan fingerprint density at radius 1 is 1.13 bits per heavy atom. The van der Waals surface area contributed by atoms with Crippen molar-refractivity contribution in [2.75, 3.05) is 25.4 Å². The molecule has 0 aliphatic rings. The summed E-state index contributed by atoms with van der Waals surface area (Å²) in [6.45, 7) is 3.29. The molecule has 38 heavy (non-hydrogen) atoms. The average Bonchev–Trinajstić information content (AvgIpc) is 3.28. The number of nitrogen functional groups attached to an aromatic ring is 1. The smallest absolute Gasteiger partial charge is 0.325 e. The quantitative estimate of drug-likeness (QED) is 0.315. The van der Waals surface area contributed by atoms with Gasteiger partial charge in [-0.25, -0.2) is 4.39 Å². The Morgan fingerprint density at radius 3 is 2.42 bits per heavy atom. The lowest BCUT2D eigenvalue weighted by atomic mass is 10.0. The number of hydrogen-bond acceptors (Lipinski definition) is 8. The van der Waals surface area contributed by atoms with Gasteiger partial charge in [0.1, 0.15) is 23.3 Å². The first-order valence-electron chi connectivity index (χ1n) is 11.7. The van der Waals surface area contributed by atoms with Gasteiger partial charge in [0.05, 0.1) is 12.3 Å². The lowest BCUT2D eigenvalue weighted by molar-refractivity contribution is -0.143. The number of nitrogens with zero attached hydrogens (tertiary/aromatic N) is 2. The molecule has 0 spiro atoms. The van der Waals surface area contributed by atoms with E-state index in [4.69, 9.17) is 16.2 Å². The third-order valence-corrected chi connectivity index (χ3v) is 6.61. The normalized spacial score (nSPS) is 11.4. The zero-order chi connectivity index (χ0) is 27.8. The number of carbonyl (C=O) groups excluding carboxylic acids is 4. The van der Waals surface area contributed by atoms with Crippen LogP contribution >= 0.6 is 11.5 Å². The van der Waals surface area contributed by atoms with Crippen molar-refractivity contribution < 1.29 is 28.3 Å². The van der Waals surface area contributed by atoms with E-state index in [1.54, 1.807) is 6.92 Å². The van der Waals surface area contributed by atoms with E-state index in [0.717, 1.165) is 23.3 Å². The van der Waals surface area contributed by atoms with Crippen LogP contribution in [0.1, 0.15) is 49.8 Å². The molecule has 2 aromatic carbocycles. The van der Waals surface area contributed by atoms with Gasteiger partial charge in [-0.2, -0.15) is 4.37 Å². The zero-order valence-electron chi connectivity index (χ0n) is 20.9. The Kier molecular flexibility index (Phi) is 9.49. The first kappa shape index (κ1) is 28.3. The molecule has 200 valence electrons. The number of nitrogens with two attached hydrogens (primary N) is 2. The highest BCUT2D eigenvalue weighted by Gasteiger charge is 2.35. The number of aryl methyl sites for hydroxylation is 1. The van der Waals surface area contributed by atoms with Crippen LogP contribution in [0.15, 0.2) is 48.5 Å². The third kappa shape index (κ3) is 6.71. The van der Waals surface area contributed by atoms with Crippen LogP contribution in [0.4, 0.5) is 10.1 Å². The Labute approximate surface area is 222 Å². The van der Waals surface area contributed by atoms with E-state index in [1.807, 2.05) is 31.2 Å². The molecule has 0 unspecified atom stereocenters. The van der Waals surface area contributed by atoms with Gasteiger partial charge in [-0.1, -0.05) is 36.4 Å². The number of halogens is 1. The number of nitrogens with one attached hydrogen (secondary N) is 1. The summed E-state index contributed by atoms with van der Waals surface area (Å²) in [4.78, 5) is 52.1. The van der Waals surface area contributed by atoms with Gasteiger partial charge >= 0.3 is 5.97 Å². The minimum Gasteiger partial charge on any atom is -0.465 e. The SMILES string of the molecule is CCOC(=O)CNC(=O)[C@@H](c1ccc(F)cc1)N(CCc1ccccc1C)C(=O)c1snc(C(N)=O)c1N. The summed E-state index contributed by atoms with van der Waals surface area (Å²) in [5.74, 6) is -3.46. The molecule has 0 radical (unpaired) electrons. The molecular formula is C26H28FN5O5S. The molecule has 3 aromatic rings.